The molecule has 0 aliphatic rings. The second-order valence-electron chi connectivity index (χ2n) is 2.29. The molecule has 0 fully saturated rings. The lowest BCUT2D eigenvalue weighted by molar-refractivity contribution is -0.0520. The Bertz CT molecular complexity index is 417. The van der Waals surface area contributed by atoms with Crippen molar-refractivity contribution in [3.8, 4) is 5.75 Å². The van der Waals surface area contributed by atoms with Gasteiger partial charge in [-0.3, -0.25) is 0 Å². The van der Waals surface area contributed by atoms with E-state index < -0.39 is 24.0 Å². The van der Waals surface area contributed by atoms with Gasteiger partial charge in [-0.05, 0) is 24.4 Å². The number of halogens is 4. The summed E-state index contributed by atoms with van der Waals surface area (Å²) in [7, 11) is 0. The molecule has 1 rings (SSSR count). The Morgan fingerprint density at radius 1 is 1.33 bits per heavy atom. The molecule has 0 heterocycles. The van der Waals surface area contributed by atoms with E-state index in [1.165, 1.54) is 0 Å². The largest absolute Gasteiger partial charge is 0.429 e. The number of hydrogen-bond acceptors (Lipinski definition) is 3. The molecule has 0 aliphatic carbocycles. The van der Waals surface area contributed by atoms with Gasteiger partial charge in [0.15, 0.2) is 11.6 Å². The molecule has 0 spiro atoms. The van der Waals surface area contributed by atoms with Gasteiger partial charge < -0.3 is 4.74 Å². The molecule has 0 saturated carbocycles. The molecule has 2 nitrogen and oxygen atoms in total. The van der Waals surface area contributed by atoms with E-state index in [0.29, 0.717) is 0 Å². The Hall–Kier alpha value is -1.46. The standard InChI is InChI=1S/C8H3F4NOS/c9-4-1-2-5(13-3-15)7(6(4)10)14-8(11)12/h1-2,8H. The Morgan fingerprint density at radius 3 is 2.53 bits per heavy atom. The SMILES string of the molecule is Fc1ccc(N=C=S)c(OC(F)F)c1F. The topological polar surface area (TPSA) is 21.6 Å². The van der Waals surface area contributed by atoms with Gasteiger partial charge in [0.2, 0.25) is 5.82 Å². The van der Waals surface area contributed by atoms with Crippen LogP contribution in [0.1, 0.15) is 0 Å². The van der Waals surface area contributed by atoms with Crippen molar-refractivity contribution in [1.29, 1.82) is 0 Å². The number of isothiocyanates is 1. The highest BCUT2D eigenvalue weighted by molar-refractivity contribution is 7.78. The molecule has 0 amide bonds. The number of nitrogens with zero attached hydrogens (tertiary/aromatic N) is 1. The van der Waals surface area contributed by atoms with Crippen LogP contribution in [0.2, 0.25) is 0 Å². The highest BCUT2D eigenvalue weighted by Crippen LogP contribution is 2.32. The normalized spacial score (nSPS) is 9.93. The quantitative estimate of drug-likeness (QED) is 0.457. The minimum Gasteiger partial charge on any atom is -0.429 e. The highest BCUT2D eigenvalue weighted by atomic mass is 32.1. The molecular weight excluding hydrogens is 234 g/mol. The summed E-state index contributed by atoms with van der Waals surface area (Å²) in [5, 5.41) is 1.84. The van der Waals surface area contributed by atoms with Gasteiger partial charge in [0.25, 0.3) is 0 Å². The van der Waals surface area contributed by atoms with Crippen molar-refractivity contribution >= 4 is 23.1 Å². The summed E-state index contributed by atoms with van der Waals surface area (Å²) >= 11 is 4.21. The van der Waals surface area contributed by atoms with Gasteiger partial charge in [-0.25, -0.2) is 4.39 Å². The maximum Gasteiger partial charge on any atom is 0.387 e. The van der Waals surface area contributed by atoms with Crippen molar-refractivity contribution in [2.24, 2.45) is 4.99 Å². The second-order valence-corrected chi connectivity index (χ2v) is 2.47. The van der Waals surface area contributed by atoms with Crippen LogP contribution < -0.4 is 4.74 Å². The zero-order valence-corrected chi connectivity index (χ0v) is 7.82. The molecule has 1 aromatic rings. The van der Waals surface area contributed by atoms with Gasteiger partial charge in [-0.15, -0.1) is 0 Å². The van der Waals surface area contributed by atoms with E-state index in [-0.39, 0.29) is 5.69 Å². The number of hydrogen-bond donors (Lipinski definition) is 0. The molecule has 0 saturated heterocycles. The van der Waals surface area contributed by atoms with Crippen molar-refractivity contribution in [2.45, 2.75) is 6.61 Å². The predicted molar refractivity (Wildman–Crippen MR) is 47.7 cm³/mol. The first-order valence-corrected chi connectivity index (χ1v) is 3.97. The molecule has 0 aliphatic heterocycles. The van der Waals surface area contributed by atoms with E-state index >= 15 is 0 Å². The molecule has 0 bridgehead atoms. The van der Waals surface area contributed by atoms with E-state index in [9.17, 15) is 17.6 Å². The average molecular weight is 237 g/mol. The summed E-state index contributed by atoms with van der Waals surface area (Å²) < 4.78 is 53.1. The van der Waals surface area contributed by atoms with Gasteiger partial charge in [-0.2, -0.15) is 18.2 Å². The molecule has 0 N–H and O–H groups in total. The van der Waals surface area contributed by atoms with Crippen molar-refractivity contribution in [3.05, 3.63) is 23.8 Å². The summed E-state index contributed by atoms with van der Waals surface area (Å²) in [5.41, 5.74) is -0.343. The van der Waals surface area contributed by atoms with Crippen molar-refractivity contribution in [2.75, 3.05) is 0 Å². The maximum absolute atomic E-state index is 13.0. The number of benzene rings is 1. The molecule has 0 radical (unpaired) electrons. The number of ether oxygens (including phenoxy) is 1. The predicted octanol–water partition coefficient (Wildman–Crippen LogP) is 3.30. The van der Waals surface area contributed by atoms with E-state index in [1.54, 1.807) is 0 Å². The number of thiocarbonyl (C=S) groups is 1. The fourth-order valence-electron chi connectivity index (χ4n) is 0.860. The van der Waals surface area contributed by atoms with Gasteiger partial charge in [0.05, 0.1) is 5.16 Å². The Balaban J connectivity index is 3.27. The Morgan fingerprint density at radius 2 is 2.00 bits per heavy atom. The van der Waals surface area contributed by atoms with Crippen molar-refractivity contribution in [1.82, 2.24) is 0 Å². The van der Waals surface area contributed by atoms with Crippen molar-refractivity contribution in [3.63, 3.8) is 0 Å². The van der Waals surface area contributed by atoms with E-state index in [1.807, 2.05) is 5.16 Å². The zero-order valence-electron chi connectivity index (χ0n) is 7.01. The fraction of sp³-hybridized carbons (Fsp3) is 0.125. The Kier molecular flexibility index (Phi) is 3.76. The van der Waals surface area contributed by atoms with Crippen LogP contribution in [0.4, 0.5) is 23.2 Å². The molecule has 1 aromatic carbocycles. The minimum absolute atomic E-state index is 0.343. The monoisotopic (exact) mass is 237 g/mol. The summed E-state index contributed by atoms with van der Waals surface area (Å²) in [5.74, 6) is -3.84. The minimum atomic E-state index is -3.28. The summed E-state index contributed by atoms with van der Waals surface area (Å²) in [6, 6.07) is 1.68. The van der Waals surface area contributed by atoms with Crippen LogP contribution in [-0.4, -0.2) is 11.8 Å². The molecule has 80 valence electrons. The third kappa shape index (κ3) is 2.74. The molecule has 0 unspecified atom stereocenters. The molecular formula is C8H3F4NOS. The van der Waals surface area contributed by atoms with Crippen LogP contribution in [0.3, 0.4) is 0 Å². The summed E-state index contributed by atoms with van der Waals surface area (Å²) in [6.07, 6.45) is 0. The maximum atomic E-state index is 13.0. The molecule has 15 heavy (non-hydrogen) atoms. The molecule has 0 aromatic heterocycles. The van der Waals surface area contributed by atoms with Crippen LogP contribution in [0.15, 0.2) is 17.1 Å². The van der Waals surface area contributed by atoms with Crippen LogP contribution >= 0.6 is 12.2 Å². The third-order valence-corrected chi connectivity index (χ3v) is 1.49. The van der Waals surface area contributed by atoms with E-state index in [2.05, 4.69) is 21.9 Å². The van der Waals surface area contributed by atoms with Crippen LogP contribution in [0.25, 0.3) is 0 Å². The first-order chi connectivity index (χ1) is 7.06. The smallest absolute Gasteiger partial charge is 0.387 e. The summed E-state index contributed by atoms with van der Waals surface area (Å²) in [4.78, 5) is 3.26. The van der Waals surface area contributed by atoms with E-state index in [0.717, 1.165) is 12.1 Å². The van der Waals surface area contributed by atoms with Crippen LogP contribution in [0, 0.1) is 11.6 Å². The van der Waals surface area contributed by atoms with Crippen LogP contribution in [0.5, 0.6) is 5.75 Å². The van der Waals surface area contributed by atoms with Gasteiger partial charge in [0, 0.05) is 0 Å². The zero-order chi connectivity index (χ0) is 11.4. The lowest BCUT2D eigenvalue weighted by Crippen LogP contribution is -2.05. The number of aliphatic imine (C=N–C) groups is 1. The van der Waals surface area contributed by atoms with E-state index in [4.69, 9.17) is 0 Å². The third-order valence-electron chi connectivity index (χ3n) is 1.40. The highest BCUT2D eigenvalue weighted by Gasteiger charge is 2.18. The number of alkyl halides is 2. The summed E-state index contributed by atoms with van der Waals surface area (Å²) in [6.45, 7) is -3.28. The van der Waals surface area contributed by atoms with Gasteiger partial charge in [0.1, 0.15) is 5.69 Å². The molecule has 7 heteroatoms. The van der Waals surface area contributed by atoms with Gasteiger partial charge in [-0.1, -0.05) is 0 Å². The molecule has 0 atom stereocenters. The average Bonchev–Trinajstić information content (AvgIpc) is 2.17. The lowest BCUT2D eigenvalue weighted by Gasteiger charge is -2.07. The fourth-order valence-corrected chi connectivity index (χ4v) is 0.959. The first kappa shape index (κ1) is 11.6. The second kappa shape index (κ2) is 4.86. The lowest BCUT2D eigenvalue weighted by atomic mass is 10.3. The first-order valence-electron chi connectivity index (χ1n) is 3.57. The van der Waals surface area contributed by atoms with Crippen LogP contribution in [-0.2, 0) is 0 Å². The number of rotatable bonds is 3. The Labute approximate surface area is 87.2 Å². The van der Waals surface area contributed by atoms with Crippen molar-refractivity contribution < 1.29 is 22.3 Å². The van der Waals surface area contributed by atoms with Gasteiger partial charge >= 0.3 is 6.61 Å².